The molecule has 0 N–H and O–H groups in total. The summed E-state index contributed by atoms with van der Waals surface area (Å²) in [5, 5.41) is 1.61. The van der Waals surface area contributed by atoms with Crippen LogP contribution in [0.3, 0.4) is 0 Å². The van der Waals surface area contributed by atoms with Crippen LogP contribution < -0.4 is 9.47 Å². The standard InChI is InChI=1S/C45H62N2O6S2/c1-3-5-7-9-11-13-15-17-19-25-35-52-41-31-33-43(39-29-23-21-27-37(39)41)54(48,49)45(47-46)55(50,51)44-34-32-42(38-28-22-24-30-40(38)44)53-36-26-20-18-16-14-12-10-8-6-4-2/h21-24,27-34H,3-20,25-26,35-36H2,1-2H3. The van der Waals surface area contributed by atoms with Crippen molar-refractivity contribution >= 4 is 45.6 Å². The number of rotatable bonds is 26. The van der Waals surface area contributed by atoms with Crippen LogP contribution in [0.4, 0.5) is 0 Å². The quantitative estimate of drug-likeness (QED) is 0.0205. The highest BCUT2D eigenvalue weighted by atomic mass is 32.3. The van der Waals surface area contributed by atoms with E-state index in [9.17, 15) is 22.4 Å². The number of fused-ring (bicyclic) bond motifs is 2. The second-order valence-corrected chi connectivity index (χ2v) is 18.6. The topological polar surface area (TPSA) is 123 Å². The molecule has 0 aromatic heterocycles. The van der Waals surface area contributed by atoms with E-state index < -0.39 is 24.1 Å². The van der Waals surface area contributed by atoms with Crippen LogP contribution in [-0.4, -0.2) is 39.2 Å². The second kappa shape index (κ2) is 23.4. The minimum atomic E-state index is -4.83. The zero-order valence-corrected chi connectivity index (χ0v) is 34.8. The van der Waals surface area contributed by atoms with Gasteiger partial charge in [0.25, 0.3) is 19.7 Å². The fourth-order valence-corrected chi connectivity index (χ4v) is 10.9. The summed E-state index contributed by atoms with van der Waals surface area (Å²) in [6.07, 6.45) is 24.1. The minimum Gasteiger partial charge on any atom is -0.493 e. The van der Waals surface area contributed by atoms with Crippen LogP contribution >= 0.6 is 0 Å². The summed E-state index contributed by atoms with van der Waals surface area (Å²) in [5.74, 6) is 1.02. The number of sulfone groups is 2. The maximum absolute atomic E-state index is 14.2. The van der Waals surface area contributed by atoms with Gasteiger partial charge in [0.15, 0.2) is 0 Å². The lowest BCUT2D eigenvalue weighted by Crippen LogP contribution is -2.26. The van der Waals surface area contributed by atoms with Crippen molar-refractivity contribution in [1.29, 1.82) is 0 Å². The van der Waals surface area contributed by atoms with Crippen molar-refractivity contribution in [3.05, 3.63) is 78.3 Å². The highest BCUT2D eigenvalue weighted by Crippen LogP contribution is 2.36. The average Bonchev–Trinajstić information content (AvgIpc) is 3.18. The van der Waals surface area contributed by atoms with E-state index in [0.717, 1.165) is 38.5 Å². The summed E-state index contributed by atoms with van der Waals surface area (Å²) >= 11 is 0. The Morgan fingerprint density at radius 2 is 0.764 bits per heavy atom. The molecular weight excluding hydrogens is 729 g/mol. The van der Waals surface area contributed by atoms with Crippen molar-refractivity contribution in [3.63, 3.8) is 0 Å². The molecule has 0 aliphatic carbocycles. The predicted molar refractivity (Wildman–Crippen MR) is 226 cm³/mol. The van der Waals surface area contributed by atoms with Crippen LogP contribution in [0, 0.1) is 0 Å². The van der Waals surface area contributed by atoms with Crippen LogP contribution in [0.15, 0.2) is 82.6 Å². The number of ether oxygens (including phenoxy) is 2. The van der Waals surface area contributed by atoms with Crippen molar-refractivity contribution in [2.45, 2.75) is 152 Å². The Labute approximate surface area is 330 Å². The van der Waals surface area contributed by atoms with Crippen molar-refractivity contribution in [1.82, 2.24) is 0 Å². The van der Waals surface area contributed by atoms with Gasteiger partial charge in [-0.3, -0.25) is 0 Å². The lowest BCUT2D eigenvalue weighted by Gasteiger charge is -2.13. The smallest absolute Gasteiger partial charge is 0.493 e. The zero-order chi connectivity index (χ0) is 39.4. The first-order valence-electron chi connectivity index (χ1n) is 20.8. The van der Waals surface area contributed by atoms with E-state index in [2.05, 4.69) is 18.6 Å². The molecule has 0 saturated heterocycles. The Kier molecular flexibility index (Phi) is 18.7. The fourth-order valence-electron chi connectivity index (χ4n) is 7.19. The van der Waals surface area contributed by atoms with Gasteiger partial charge in [-0.25, -0.2) is 16.8 Å². The molecule has 10 heteroatoms. The summed E-state index contributed by atoms with van der Waals surface area (Å²) in [4.78, 5) is 2.37. The second-order valence-electron chi connectivity index (χ2n) is 14.6. The van der Waals surface area contributed by atoms with Crippen molar-refractivity contribution < 1.29 is 31.1 Å². The first kappa shape index (κ1) is 44.0. The molecule has 4 aromatic rings. The maximum Gasteiger partial charge on any atom is 0.504 e. The highest BCUT2D eigenvalue weighted by molar-refractivity contribution is 8.31. The third-order valence-corrected chi connectivity index (χ3v) is 14.6. The van der Waals surface area contributed by atoms with Gasteiger partial charge in [0, 0.05) is 21.5 Å². The van der Waals surface area contributed by atoms with Crippen LogP contribution in [0.2, 0.25) is 0 Å². The Bertz CT molecular complexity index is 1920. The van der Waals surface area contributed by atoms with Gasteiger partial charge in [0.05, 0.1) is 23.0 Å². The van der Waals surface area contributed by atoms with Gasteiger partial charge < -0.3 is 15.0 Å². The summed E-state index contributed by atoms with van der Waals surface area (Å²) < 4.78 is 67.5. The molecule has 300 valence electrons. The van der Waals surface area contributed by atoms with Crippen molar-refractivity contribution in [2.75, 3.05) is 13.2 Å². The number of nitrogens with zero attached hydrogens (tertiary/aromatic N) is 2. The molecule has 0 heterocycles. The van der Waals surface area contributed by atoms with Gasteiger partial charge in [-0.15, -0.1) is 4.79 Å². The Hall–Kier alpha value is -3.72. The molecule has 0 aliphatic rings. The number of hydrogen-bond acceptors (Lipinski definition) is 6. The molecule has 0 atom stereocenters. The van der Waals surface area contributed by atoms with Gasteiger partial charge in [-0.05, 0) is 37.1 Å². The number of benzene rings is 4. The monoisotopic (exact) mass is 790 g/mol. The van der Waals surface area contributed by atoms with E-state index in [-0.39, 0.29) is 20.6 Å². The molecule has 0 saturated carbocycles. The van der Waals surface area contributed by atoms with Crippen LogP contribution in [0.5, 0.6) is 11.5 Å². The lowest BCUT2D eigenvalue weighted by molar-refractivity contribution is 0.00381. The number of unbranched alkanes of at least 4 members (excludes halogenated alkanes) is 18. The fraction of sp³-hybridized carbons (Fsp3) is 0.533. The first-order valence-corrected chi connectivity index (χ1v) is 23.7. The molecule has 0 amide bonds. The minimum absolute atomic E-state index is 0.278. The molecule has 0 unspecified atom stereocenters. The molecule has 4 aromatic carbocycles. The Morgan fingerprint density at radius 1 is 0.455 bits per heavy atom. The van der Waals surface area contributed by atoms with Gasteiger partial charge in [0.1, 0.15) is 11.5 Å². The van der Waals surface area contributed by atoms with Crippen molar-refractivity contribution in [3.8, 4) is 11.5 Å². The maximum atomic E-state index is 14.2. The normalized spacial score (nSPS) is 11.9. The molecule has 0 bridgehead atoms. The Morgan fingerprint density at radius 3 is 1.09 bits per heavy atom. The van der Waals surface area contributed by atoms with E-state index in [4.69, 9.17) is 9.47 Å². The molecule has 0 fully saturated rings. The first-order chi connectivity index (χ1) is 26.8. The van der Waals surface area contributed by atoms with Gasteiger partial charge in [-0.2, -0.15) is 0 Å². The number of hydrogen-bond donors (Lipinski definition) is 0. The highest BCUT2D eigenvalue weighted by Gasteiger charge is 2.45. The lowest BCUT2D eigenvalue weighted by atomic mass is 10.1. The predicted octanol–water partition coefficient (Wildman–Crippen LogP) is 12.4. The summed E-state index contributed by atoms with van der Waals surface area (Å²) in [7, 11) is -9.67. The van der Waals surface area contributed by atoms with Crippen LogP contribution in [0.25, 0.3) is 27.1 Å². The third-order valence-electron chi connectivity index (χ3n) is 10.3. The van der Waals surface area contributed by atoms with Gasteiger partial charge in [-0.1, -0.05) is 178 Å². The summed E-state index contributed by atoms with van der Waals surface area (Å²) in [5.41, 5.74) is 10.1. The van der Waals surface area contributed by atoms with Crippen molar-refractivity contribution in [2.24, 2.45) is 0 Å². The molecule has 8 nitrogen and oxygen atoms in total. The van der Waals surface area contributed by atoms with Gasteiger partial charge in [0.2, 0.25) is 0 Å². The molecule has 0 spiro atoms. The van der Waals surface area contributed by atoms with Crippen LogP contribution in [-0.2, 0) is 19.7 Å². The molecule has 4 rings (SSSR count). The third kappa shape index (κ3) is 12.6. The summed E-state index contributed by atoms with van der Waals surface area (Å²) in [6.45, 7) is 5.43. The largest absolute Gasteiger partial charge is 0.504 e. The van der Waals surface area contributed by atoms with E-state index in [1.165, 1.54) is 102 Å². The van der Waals surface area contributed by atoms with Gasteiger partial charge >= 0.3 is 4.38 Å². The van der Waals surface area contributed by atoms with E-state index in [1.54, 1.807) is 60.7 Å². The summed E-state index contributed by atoms with van der Waals surface area (Å²) in [6, 6.07) is 19.4. The molecule has 0 aliphatic heterocycles. The molecule has 0 radical (unpaired) electrons. The van der Waals surface area contributed by atoms with Crippen LogP contribution in [0.1, 0.15) is 142 Å². The SMILES string of the molecule is CCCCCCCCCCCCOc1ccc(S(=O)(=O)C(=[N+]=[N-])S(=O)(=O)c2ccc(OCCCCCCCCCCCC)c3ccccc23)c2ccccc12. The molecular formula is C45H62N2O6S2. The Balaban J connectivity index is 1.42. The zero-order valence-electron chi connectivity index (χ0n) is 33.1. The van der Waals surface area contributed by atoms with E-state index in [1.807, 2.05) is 0 Å². The van der Waals surface area contributed by atoms with E-state index in [0.29, 0.717) is 35.5 Å². The molecule has 55 heavy (non-hydrogen) atoms. The average molecular weight is 791 g/mol. The van der Waals surface area contributed by atoms with E-state index >= 15 is 0 Å².